The molecule has 0 saturated carbocycles. The van der Waals surface area contributed by atoms with Crippen LogP contribution < -0.4 is 16.0 Å². The van der Waals surface area contributed by atoms with Crippen LogP contribution in [0, 0.1) is 5.82 Å². The number of halogens is 1. The first-order valence-corrected chi connectivity index (χ1v) is 6.88. The molecule has 1 aromatic rings. The van der Waals surface area contributed by atoms with Gasteiger partial charge >= 0.3 is 0 Å². The summed E-state index contributed by atoms with van der Waals surface area (Å²) in [7, 11) is 1.55. The van der Waals surface area contributed by atoms with E-state index in [1.54, 1.807) is 14.0 Å². The molecule has 0 fully saturated rings. The lowest BCUT2D eigenvalue weighted by Crippen LogP contribution is -2.39. The zero-order valence-electron chi connectivity index (χ0n) is 12.6. The van der Waals surface area contributed by atoms with Crippen LogP contribution in [0.15, 0.2) is 6.20 Å². The third kappa shape index (κ3) is 5.90. The van der Waals surface area contributed by atoms with Gasteiger partial charge in [-0.3, -0.25) is 4.79 Å². The molecule has 3 N–H and O–H groups in total. The van der Waals surface area contributed by atoms with Crippen LogP contribution in [-0.2, 0) is 9.53 Å². The van der Waals surface area contributed by atoms with Crippen LogP contribution in [0.2, 0.25) is 0 Å². The Morgan fingerprint density at radius 2 is 2.24 bits per heavy atom. The van der Waals surface area contributed by atoms with Gasteiger partial charge in [0.1, 0.15) is 6.04 Å². The van der Waals surface area contributed by atoms with Crippen LogP contribution in [0.1, 0.15) is 20.3 Å². The molecule has 7 nitrogen and oxygen atoms in total. The van der Waals surface area contributed by atoms with Crippen molar-refractivity contribution in [3.8, 4) is 0 Å². The highest BCUT2D eigenvalue weighted by molar-refractivity contribution is 5.83. The molecule has 1 rings (SSSR count). The maximum Gasteiger partial charge on any atom is 0.242 e. The topological polar surface area (TPSA) is 88.2 Å². The van der Waals surface area contributed by atoms with Gasteiger partial charge in [0.05, 0.1) is 12.8 Å². The average Bonchev–Trinajstić information content (AvgIpc) is 2.48. The minimum atomic E-state index is -0.620. The molecule has 0 spiro atoms. The predicted octanol–water partition coefficient (Wildman–Crippen LogP) is 1.00. The van der Waals surface area contributed by atoms with Gasteiger partial charge < -0.3 is 20.7 Å². The summed E-state index contributed by atoms with van der Waals surface area (Å²) in [6.07, 6.45) is 1.98. The predicted molar refractivity (Wildman–Crippen MR) is 78.7 cm³/mol. The van der Waals surface area contributed by atoms with Crippen LogP contribution in [0.4, 0.5) is 16.2 Å². The Morgan fingerprint density at radius 3 is 2.90 bits per heavy atom. The van der Waals surface area contributed by atoms with Crippen molar-refractivity contribution in [1.82, 2.24) is 15.3 Å². The van der Waals surface area contributed by atoms with Crippen molar-refractivity contribution in [3.63, 3.8) is 0 Å². The molecule has 8 heteroatoms. The third-order valence-corrected chi connectivity index (χ3v) is 2.63. The number of carbonyl (C=O) groups excluding carboxylic acids is 1. The number of nitrogens with one attached hydrogen (secondary N) is 3. The Bertz CT molecular complexity index is 458. The SMILES string of the molecule is CCCNc1ncc(F)c(NC(C)C(=O)NCCOC)n1. The minimum Gasteiger partial charge on any atom is -0.383 e. The molecule has 118 valence electrons. The second-order valence-electron chi connectivity index (χ2n) is 4.47. The Balaban J connectivity index is 2.61. The van der Waals surface area contributed by atoms with E-state index in [-0.39, 0.29) is 11.7 Å². The van der Waals surface area contributed by atoms with Crippen molar-refractivity contribution in [2.75, 3.05) is 37.4 Å². The number of amides is 1. The quantitative estimate of drug-likeness (QED) is 0.590. The van der Waals surface area contributed by atoms with Crippen molar-refractivity contribution in [2.24, 2.45) is 0 Å². The fourth-order valence-electron chi connectivity index (χ4n) is 1.49. The van der Waals surface area contributed by atoms with Crippen LogP contribution in [-0.4, -0.2) is 48.7 Å². The molecule has 0 aromatic carbocycles. The smallest absolute Gasteiger partial charge is 0.242 e. The van der Waals surface area contributed by atoms with E-state index in [2.05, 4.69) is 25.9 Å². The highest BCUT2D eigenvalue weighted by atomic mass is 19.1. The van der Waals surface area contributed by atoms with Crippen molar-refractivity contribution < 1.29 is 13.9 Å². The first kappa shape index (κ1) is 17.1. The zero-order valence-corrected chi connectivity index (χ0v) is 12.6. The van der Waals surface area contributed by atoms with Crippen LogP contribution in [0.3, 0.4) is 0 Å². The summed E-state index contributed by atoms with van der Waals surface area (Å²) >= 11 is 0. The number of anilines is 2. The molecule has 1 amide bonds. The van der Waals surface area contributed by atoms with Crippen LogP contribution >= 0.6 is 0 Å². The zero-order chi connectivity index (χ0) is 15.7. The number of hydrogen-bond donors (Lipinski definition) is 3. The number of aromatic nitrogens is 2. The summed E-state index contributed by atoms with van der Waals surface area (Å²) < 4.78 is 18.5. The van der Waals surface area contributed by atoms with E-state index in [0.29, 0.717) is 25.6 Å². The molecule has 21 heavy (non-hydrogen) atoms. The van der Waals surface area contributed by atoms with E-state index >= 15 is 0 Å². The molecule has 0 saturated heterocycles. The Kier molecular flexibility index (Phi) is 7.38. The van der Waals surface area contributed by atoms with Crippen molar-refractivity contribution >= 4 is 17.7 Å². The molecular weight excluding hydrogens is 277 g/mol. The van der Waals surface area contributed by atoms with Gasteiger partial charge in [-0.05, 0) is 13.3 Å². The van der Waals surface area contributed by atoms with E-state index in [9.17, 15) is 9.18 Å². The van der Waals surface area contributed by atoms with E-state index in [4.69, 9.17) is 4.74 Å². The summed E-state index contributed by atoms with van der Waals surface area (Å²) in [6, 6.07) is -0.620. The summed E-state index contributed by atoms with van der Waals surface area (Å²) in [5, 5.41) is 8.36. The highest BCUT2D eigenvalue weighted by Crippen LogP contribution is 2.13. The lowest BCUT2D eigenvalue weighted by Gasteiger charge is -2.15. The normalized spacial score (nSPS) is 11.8. The number of rotatable bonds is 9. The molecule has 1 heterocycles. The summed E-state index contributed by atoms with van der Waals surface area (Å²) in [4.78, 5) is 19.6. The fourth-order valence-corrected chi connectivity index (χ4v) is 1.49. The van der Waals surface area contributed by atoms with E-state index in [1.807, 2.05) is 6.92 Å². The monoisotopic (exact) mass is 299 g/mol. The summed E-state index contributed by atoms with van der Waals surface area (Å²) in [6.45, 7) is 5.14. The molecule has 0 aliphatic heterocycles. The van der Waals surface area contributed by atoms with Gasteiger partial charge in [0.2, 0.25) is 11.9 Å². The molecule has 0 bridgehead atoms. The lowest BCUT2D eigenvalue weighted by atomic mass is 10.3. The Morgan fingerprint density at radius 1 is 1.48 bits per heavy atom. The molecule has 0 aliphatic rings. The minimum absolute atomic E-state index is 0.00186. The first-order chi connectivity index (χ1) is 10.1. The number of methoxy groups -OCH3 is 1. The van der Waals surface area contributed by atoms with Crippen molar-refractivity contribution in [3.05, 3.63) is 12.0 Å². The second kappa shape index (κ2) is 9.06. The number of ether oxygens (including phenoxy) is 1. The summed E-state index contributed by atoms with van der Waals surface area (Å²) in [5.41, 5.74) is 0. The average molecular weight is 299 g/mol. The van der Waals surface area contributed by atoms with E-state index < -0.39 is 11.9 Å². The van der Waals surface area contributed by atoms with Crippen molar-refractivity contribution in [2.45, 2.75) is 26.3 Å². The van der Waals surface area contributed by atoms with E-state index in [0.717, 1.165) is 12.6 Å². The first-order valence-electron chi connectivity index (χ1n) is 6.88. The van der Waals surface area contributed by atoms with Gasteiger partial charge in [0.25, 0.3) is 0 Å². The maximum absolute atomic E-state index is 13.7. The van der Waals surface area contributed by atoms with Gasteiger partial charge in [0.15, 0.2) is 11.6 Å². The molecule has 0 radical (unpaired) electrons. The Hall–Kier alpha value is -1.96. The third-order valence-electron chi connectivity index (χ3n) is 2.63. The van der Waals surface area contributed by atoms with Gasteiger partial charge in [-0.25, -0.2) is 9.37 Å². The van der Waals surface area contributed by atoms with E-state index in [1.165, 1.54) is 0 Å². The van der Waals surface area contributed by atoms with Crippen LogP contribution in [0.25, 0.3) is 0 Å². The van der Waals surface area contributed by atoms with Gasteiger partial charge in [-0.15, -0.1) is 0 Å². The maximum atomic E-state index is 13.7. The van der Waals surface area contributed by atoms with Gasteiger partial charge in [-0.2, -0.15) is 4.98 Å². The number of nitrogens with zero attached hydrogens (tertiary/aromatic N) is 2. The van der Waals surface area contributed by atoms with Gasteiger partial charge in [-0.1, -0.05) is 6.92 Å². The summed E-state index contributed by atoms with van der Waals surface area (Å²) in [5.74, 6) is -0.535. The number of carbonyl (C=O) groups is 1. The number of hydrogen-bond acceptors (Lipinski definition) is 6. The van der Waals surface area contributed by atoms with Crippen LogP contribution in [0.5, 0.6) is 0 Å². The molecular formula is C13H22FN5O2. The van der Waals surface area contributed by atoms with Crippen molar-refractivity contribution in [1.29, 1.82) is 0 Å². The second-order valence-corrected chi connectivity index (χ2v) is 4.47. The molecule has 1 unspecified atom stereocenters. The largest absolute Gasteiger partial charge is 0.383 e. The Labute approximate surface area is 123 Å². The lowest BCUT2D eigenvalue weighted by molar-refractivity contribution is -0.121. The molecule has 1 aromatic heterocycles. The standard InChI is InChI=1S/C13H22FN5O2/c1-4-5-16-13-17-8-10(14)11(19-13)18-9(2)12(20)15-6-7-21-3/h8-9H,4-7H2,1-3H3,(H,15,20)(H2,16,17,18,19). The fraction of sp³-hybridized carbons (Fsp3) is 0.615. The molecule has 1 atom stereocenters. The molecule has 0 aliphatic carbocycles. The highest BCUT2D eigenvalue weighted by Gasteiger charge is 2.15. The van der Waals surface area contributed by atoms with Gasteiger partial charge in [0, 0.05) is 20.2 Å².